The Morgan fingerprint density at radius 1 is 1.04 bits per heavy atom. The lowest BCUT2D eigenvalue weighted by atomic mass is 10.1. The second kappa shape index (κ2) is 7.00. The van der Waals surface area contributed by atoms with Crippen molar-refractivity contribution in [1.29, 1.82) is 0 Å². The Morgan fingerprint density at radius 3 is 2.46 bits per heavy atom. The molecule has 0 amide bonds. The molecule has 6 heteroatoms. The highest BCUT2D eigenvalue weighted by Gasteiger charge is 2.22. The smallest absolute Gasteiger partial charge is 0.153 e. The van der Waals surface area contributed by atoms with Crippen molar-refractivity contribution in [2.45, 2.75) is 0 Å². The third-order valence-electron chi connectivity index (χ3n) is 4.83. The average molecular weight is 348 g/mol. The van der Waals surface area contributed by atoms with Crippen LogP contribution in [0.15, 0.2) is 48.9 Å². The minimum atomic E-state index is 0.614. The first-order valence-corrected chi connectivity index (χ1v) is 8.62. The van der Waals surface area contributed by atoms with Gasteiger partial charge in [-0.1, -0.05) is 0 Å². The van der Waals surface area contributed by atoms with E-state index in [1.54, 1.807) is 13.3 Å². The lowest BCUT2D eigenvalue weighted by Crippen LogP contribution is -2.47. The van der Waals surface area contributed by atoms with Gasteiger partial charge in [-0.3, -0.25) is 14.8 Å². The van der Waals surface area contributed by atoms with E-state index in [0.29, 0.717) is 5.56 Å². The van der Waals surface area contributed by atoms with E-state index in [4.69, 9.17) is 4.74 Å². The van der Waals surface area contributed by atoms with Crippen molar-refractivity contribution in [2.75, 3.05) is 43.1 Å². The number of rotatable bonds is 4. The van der Waals surface area contributed by atoms with Gasteiger partial charge in [-0.15, -0.1) is 0 Å². The van der Waals surface area contributed by atoms with Crippen LogP contribution in [-0.2, 0) is 0 Å². The average Bonchev–Trinajstić information content (AvgIpc) is 2.73. The summed E-state index contributed by atoms with van der Waals surface area (Å²) in [5, 5.41) is 0.950. The first kappa shape index (κ1) is 16.3. The summed E-state index contributed by atoms with van der Waals surface area (Å²) in [7, 11) is 1.64. The summed E-state index contributed by atoms with van der Waals surface area (Å²) in [5.74, 6) is 0.763. The third-order valence-corrected chi connectivity index (χ3v) is 4.83. The number of fused-ring (bicyclic) bond motifs is 1. The van der Waals surface area contributed by atoms with Crippen LogP contribution in [0.25, 0.3) is 10.9 Å². The van der Waals surface area contributed by atoms with Gasteiger partial charge in [-0.25, -0.2) is 0 Å². The fraction of sp³-hybridized carbons (Fsp3) is 0.250. The number of benzene rings is 1. The van der Waals surface area contributed by atoms with Crippen LogP contribution in [0.5, 0.6) is 5.75 Å². The van der Waals surface area contributed by atoms with Crippen LogP contribution in [0.2, 0.25) is 0 Å². The second-order valence-corrected chi connectivity index (χ2v) is 6.24. The maximum atomic E-state index is 11.6. The summed E-state index contributed by atoms with van der Waals surface area (Å²) >= 11 is 0. The van der Waals surface area contributed by atoms with Crippen LogP contribution < -0.4 is 14.5 Å². The van der Waals surface area contributed by atoms with Crippen LogP contribution in [0.3, 0.4) is 0 Å². The number of hydrogen-bond acceptors (Lipinski definition) is 6. The minimum absolute atomic E-state index is 0.614. The molecule has 26 heavy (non-hydrogen) atoms. The molecule has 0 atom stereocenters. The molecule has 0 unspecified atom stereocenters. The minimum Gasteiger partial charge on any atom is -0.497 e. The van der Waals surface area contributed by atoms with Crippen molar-refractivity contribution in [2.24, 2.45) is 0 Å². The Labute approximate surface area is 152 Å². The number of hydrogen-bond donors (Lipinski definition) is 0. The summed E-state index contributed by atoms with van der Waals surface area (Å²) in [6, 6.07) is 9.83. The van der Waals surface area contributed by atoms with Gasteiger partial charge in [0.25, 0.3) is 0 Å². The number of carbonyl (C=O) groups is 1. The first-order chi connectivity index (χ1) is 12.8. The van der Waals surface area contributed by atoms with E-state index < -0.39 is 0 Å². The molecule has 0 bridgehead atoms. The number of aldehydes is 1. The number of aromatic nitrogens is 2. The Kier molecular flexibility index (Phi) is 4.39. The number of methoxy groups -OCH3 is 1. The normalized spacial score (nSPS) is 14.5. The maximum absolute atomic E-state index is 11.6. The standard InChI is InChI=1S/C20H20N4O2/c1-26-17-2-3-19-18(12-17)20(15(14-25)13-22-19)24-10-8-23(9-11-24)16-4-6-21-7-5-16/h2-7,12-14H,8-11H2,1H3. The first-order valence-electron chi connectivity index (χ1n) is 8.62. The van der Waals surface area contributed by atoms with Gasteiger partial charge in [0.2, 0.25) is 0 Å². The number of piperazine rings is 1. The molecule has 1 aliphatic heterocycles. The molecule has 6 nitrogen and oxygen atoms in total. The molecule has 0 N–H and O–H groups in total. The van der Waals surface area contributed by atoms with E-state index in [2.05, 4.69) is 19.8 Å². The Bertz CT molecular complexity index is 922. The van der Waals surface area contributed by atoms with Crippen molar-refractivity contribution in [3.8, 4) is 5.75 Å². The zero-order chi connectivity index (χ0) is 17.9. The SMILES string of the molecule is COc1ccc2ncc(C=O)c(N3CCN(c4ccncc4)CC3)c2c1. The quantitative estimate of drug-likeness (QED) is 0.676. The lowest BCUT2D eigenvalue weighted by molar-refractivity contribution is 0.112. The molecular weight excluding hydrogens is 328 g/mol. The van der Waals surface area contributed by atoms with E-state index in [-0.39, 0.29) is 0 Å². The molecule has 0 radical (unpaired) electrons. The predicted molar refractivity (Wildman–Crippen MR) is 102 cm³/mol. The molecule has 0 aliphatic carbocycles. The topological polar surface area (TPSA) is 58.6 Å². The molecule has 4 rings (SSSR count). The van der Waals surface area contributed by atoms with E-state index in [0.717, 1.165) is 54.8 Å². The van der Waals surface area contributed by atoms with Crippen LogP contribution in [0.1, 0.15) is 10.4 Å². The predicted octanol–water partition coefficient (Wildman–Crippen LogP) is 2.78. The Balaban J connectivity index is 1.67. The maximum Gasteiger partial charge on any atom is 0.153 e. The second-order valence-electron chi connectivity index (χ2n) is 6.24. The largest absolute Gasteiger partial charge is 0.497 e. The van der Waals surface area contributed by atoms with Crippen LogP contribution in [0, 0.1) is 0 Å². The summed E-state index contributed by atoms with van der Waals surface area (Å²) < 4.78 is 5.36. The fourth-order valence-corrected chi connectivity index (χ4v) is 3.48. The Hall–Kier alpha value is -3.15. The van der Waals surface area contributed by atoms with E-state index >= 15 is 0 Å². The molecule has 1 saturated heterocycles. The molecule has 1 aromatic carbocycles. The molecular formula is C20H20N4O2. The fourth-order valence-electron chi connectivity index (χ4n) is 3.48. The number of nitrogens with zero attached hydrogens (tertiary/aromatic N) is 4. The van der Waals surface area contributed by atoms with Gasteiger partial charge in [-0.05, 0) is 30.3 Å². The van der Waals surface area contributed by atoms with E-state index in [9.17, 15) is 4.79 Å². The summed E-state index contributed by atoms with van der Waals surface area (Å²) in [4.78, 5) is 24.7. The summed E-state index contributed by atoms with van der Waals surface area (Å²) in [6.07, 6.45) is 6.17. The van der Waals surface area contributed by atoms with Crippen LogP contribution in [-0.4, -0.2) is 49.5 Å². The summed E-state index contributed by atoms with van der Waals surface area (Å²) in [5.41, 5.74) is 3.60. The van der Waals surface area contributed by atoms with Gasteiger partial charge in [0.1, 0.15) is 5.75 Å². The molecule has 0 saturated carbocycles. The number of pyridine rings is 2. The zero-order valence-corrected chi connectivity index (χ0v) is 14.6. The highest BCUT2D eigenvalue weighted by Crippen LogP contribution is 2.32. The van der Waals surface area contributed by atoms with Gasteiger partial charge in [0, 0.05) is 55.8 Å². The van der Waals surface area contributed by atoms with Gasteiger partial charge < -0.3 is 14.5 Å². The molecule has 2 aromatic heterocycles. The van der Waals surface area contributed by atoms with Crippen molar-refractivity contribution in [3.05, 3.63) is 54.5 Å². The number of carbonyl (C=O) groups excluding carboxylic acids is 1. The van der Waals surface area contributed by atoms with Gasteiger partial charge in [0.15, 0.2) is 6.29 Å². The molecule has 1 aliphatic rings. The number of ether oxygens (including phenoxy) is 1. The van der Waals surface area contributed by atoms with Crippen molar-refractivity contribution in [3.63, 3.8) is 0 Å². The van der Waals surface area contributed by atoms with Gasteiger partial charge in [-0.2, -0.15) is 0 Å². The van der Waals surface area contributed by atoms with Crippen LogP contribution in [0.4, 0.5) is 11.4 Å². The van der Waals surface area contributed by atoms with E-state index in [1.165, 1.54) is 5.69 Å². The third kappa shape index (κ3) is 2.94. The van der Waals surface area contributed by atoms with E-state index in [1.807, 2.05) is 42.7 Å². The molecule has 3 aromatic rings. The van der Waals surface area contributed by atoms with Crippen LogP contribution >= 0.6 is 0 Å². The van der Waals surface area contributed by atoms with Crippen molar-refractivity contribution in [1.82, 2.24) is 9.97 Å². The zero-order valence-electron chi connectivity index (χ0n) is 14.6. The van der Waals surface area contributed by atoms with Crippen molar-refractivity contribution < 1.29 is 9.53 Å². The highest BCUT2D eigenvalue weighted by atomic mass is 16.5. The molecule has 3 heterocycles. The number of anilines is 2. The lowest BCUT2D eigenvalue weighted by Gasteiger charge is -2.38. The summed E-state index contributed by atoms with van der Waals surface area (Å²) in [6.45, 7) is 3.44. The molecule has 132 valence electrons. The highest BCUT2D eigenvalue weighted by molar-refractivity contribution is 6.01. The van der Waals surface area contributed by atoms with Gasteiger partial charge in [0.05, 0.1) is 23.9 Å². The Morgan fingerprint density at radius 2 is 1.77 bits per heavy atom. The molecule has 1 fully saturated rings. The van der Waals surface area contributed by atoms with Gasteiger partial charge >= 0.3 is 0 Å². The van der Waals surface area contributed by atoms with Crippen molar-refractivity contribution >= 4 is 28.6 Å². The molecule has 0 spiro atoms. The monoisotopic (exact) mass is 348 g/mol.